The van der Waals surface area contributed by atoms with Crippen LogP contribution in [0.5, 0.6) is 0 Å². The van der Waals surface area contributed by atoms with Crippen molar-refractivity contribution in [2.75, 3.05) is 19.0 Å². The fourth-order valence-corrected chi connectivity index (χ4v) is 2.16. The van der Waals surface area contributed by atoms with Gasteiger partial charge < -0.3 is 10.1 Å². The molecule has 0 atom stereocenters. The molecule has 0 amide bonds. The molecule has 4 nitrogen and oxygen atoms in total. The quantitative estimate of drug-likeness (QED) is 0.876. The summed E-state index contributed by atoms with van der Waals surface area (Å²) in [7, 11) is 1.88. The van der Waals surface area contributed by atoms with Gasteiger partial charge in [-0.05, 0) is 0 Å². The van der Waals surface area contributed by atoms with Crippen LogP contribution in [0.1, 0.15) is 11.3 Å². The van der Waals surface area contributed by atoms with E-state index in [9.17, 15) is 0 Å². The molecule has 3 rings (SSSR count). The van der Waals surface area contributed by atoms with Gasteiger partial charge in [0.15, 0.2) is 5.82 Å². The second-order valence-corrected chi connectivity index (χ2v) is 4.24. The number of benzene rings is 1. The molecule has 1 aliphatic rings. The number of hydrogen-bond acceptors (Lipinski definition) is 4. The number of aromatic nitrogens is 2. The van der Waals surface area contributed by atoms with Gasteiger partial charge in [0.2, 0.25) is 0 Å². The SMILES string of the molecule is CNc1nc(-c2ccccc2)nc2c1COCC2. The second-order valence-electron chi connectivity index (χ2n) is 4.24. The summed E-state index contributed by atoms with van der Waals surface area (Å²) in [6, 6.07) is 10.1. The molecule has 0 saturated heterocycles. The summed E-state index contributed by atoms with van der Waals surface area (Å²) in [4.78, 5) is 9.23. The first-order chi connectivity index (χ1) is 8.88. The van der Waals surface area contributed by atoms with Crippen molar-refractivity contribution in [3.63, 3.8) is 0 Å². The lowest BCUT2D eigenvalue weighted by Crippen LogP contribution is -2.16. The lowest BCUT2D eigenvalue weighted by molar-refractivity contribution is 0.109. The van der Waals surface area contributed by atoms with E-state index in [-0.39, 0.29) is 0 Å². The number of rotatable bonds is 2. The molecule has 4 heteroatoms. The minimum absolute atomic E-state index is 0.598. The Morgan fingerprint density at radius 1 is 1.17 bits per heavy atom. The van der Waals surface area contributed by atoms with E-state index in [1.165, 1.54) is 0 Å². The summed E-state index contributed by atoms with van der Waals surface area (Å²) < 4.78 is 5.46. The first-order valence-electron chi connectivity index (χ1n) is 6.09. The molecule has 0 bridgehead atoms. The van der Waals surface area contributed by atoms with Crippen LogP contribution in [0.25, 0.3) is 11.4 Å². The van der Waals surface area contributed by atoms with E-state index in [0.29, 0.717) is 6.61 Å². The zero-order valence-electron chi connectivity index (χ0n) is 10.3. The summed E-state index contributed by atoms with van der Waals surface area (Å²) in [5.41, 5.74) is 3.23. The number of ether oxygens (including phenoxy) is 1. The van der Waals surface area contributed by atoms with Gasteiger partial charge in [-0.3, -0.25) is 0 Å². The van der Waals surface area contributed by atoms with Crippen LogP contribution in [0.15, 0.2) is 30.3 Å². The van der Waals surface area contributed by atoms with Crippen molar-refractivity contribution < 1.29 is 4.74 Å². The average molecular weight is 241 g/mol. The molecular weight excluding hydrogens is 226 g/mol. The van der Waals surface area contributed by atoms with Gasteiger partial charge >= 0.3 is 0 Å². The predicted octanol–water partition coefficient (Wildman–Crippen LogP) is 2.26. The van der Waals surface area contributed by atoms with Crippen molar-refractivity contribution in [3.05, 3.63) is 41.6 Å². The molecule has 1 aromatic heterocycles. The van der Waals surface area contributed by atoms with Crippen molar-refractivity contribution in [1.29, 1.82) is 0 Å². The molecular formula is C14H15N3O. The van der Waals surface area contributed by atoms with Crippen molar-refractivity contribution in [2.24, 2.45) is 0 Å². The fourth-order valence-electron chi connectivity index (χ4n) is 2.16. The van der Waals surface area contributed by atoms with E-state index in [2.05, 4.69) is 15.3 Å². The van der Waals surface area contributed by atoms with Gasteiger partial charge in [-0.2, -0.15) is 0 Å². The van der Waals surface area contributed by atoms with Gasteiger partial charge in [0.05, 0.1) is 18.9 Å². The van der Waals surface area contributed by atoms with Crippen LogP contribution in [0.4, 0.5) is 5.82 Å². The van der Waals surface area contributed by atoms with Crippen molar-refractivity contribution in [2.45, 2.75) is 13.0 Å². The summed E-state index contributed by atoms with van der Waals surface area (Å²) >= 11 is 0. The van der Waals surface area contributed by atoms with Crippen LogP contribution in [0.3, 0.4) is 0 Å². The van der Waals surface area contributed by atoms with E-state index in [0.717, 1.165) is 41.5 Å². The number of anilines is 1. The van der Waals surface area contributed by atoms with Crippen LogP contribution >= 0.6 is 0 Å². The Hall–Kier alpha value is -1.94. The maximum Gasteiger partial charge on any atom is 0.161 e. The van der Waals surface area contributed by atoms with E-state index in [1.807, 2.05) is 37.4 Å². The molecule has 1 aliphatic heterocycles. The third-order valence-electron chi connectivity index (χ3n) is 3.09. The first kappa shape index (κ1) is 11.2. The van der Waals surface area contributed by atoms with Gasteiger partial charge in [0.1, 0.15) is 5.82 Å². The molecule has 1 aromatic carbocycles. The van der Waals surface area contributed by atoms with Crippen LogP contribution in [0, 0.1) is 0 Å². The topological polar surface area (TPSA) is 47.0 Å². The maximum atomic E-state index is 5.46. The third-order valence-corrected chi connectivity index (χ3v) is 3.09. The second kappa shape index (κ2) is 4.74. The fraction of sp³-hybridized carbons (Fsp3) is 0.286. The van der Waals surface area contributed by atoms with Gasteiger partial charge in [-0.25, -0.2) is 9.97 Å². The van der Waals surface area contributed by atoms with Crippen LogP contribution in [-0.4, -0.2) is 23.6 Å². The van der Waals surface area contributed by atoms with Crippen LogP contribution in [-0.2, 0) is 17.8 Å². The zero-order chi connectivity index (χ0) is 12.4. The first-order valence-corrected chi connectivity index (χ1v) is 6.09. The highest BCUT2D eigenvalue weighted by Gasteiger charge is 2.17. The van der Waals surface area contributed by atoms with Gasteiger partial charge in [-0.1, -0.05) is 30.3 Å². The summed E-state index contributed by atoms with van der Waals surface area (Å²) in [5.74, 6) is 1.65. The molecule has 0 aliphatic carbocycles. The van der Waals surface area contributed by atoms with Gasteiger partial charge in [-0.15, -0.1) is 0 Å². The molecule has 0 radical (unpaired) electrons. The lowest BCUT2D eigenvalue weighted by atomic mass is 10.1. The van der Waals surface area contributed by atoms with E-state index >= 15 is 0 Å². The highest BCUT2D eigenvalue weighted by Crippen LogP contribution is 2.25. The summed E-state index contributed by atoms with van der Waals surface area (Å²) in [6.45, 7) is 1.34. The van der Waals surface area contributed by atoms with Crippen molar-refractivity contribution in [3.8, 4) is 11.4 Å². The molecule has 0 saturated carbocycles. The number of nitrogens with one attached hydrogen (secondary N) is 1. The Kier molecular flexibility index (Phi) is 2.94. The molecule has 0 fully saturated rings. The van der Waals surface area contributed by atoms with E-state index in [4.69, 9.17) is 4.74 Å². The standard InChI is InChI=1S/C14H15N3O/c1-15-14-11-9-18-8-7-12(11)16-13(17-14)10-5-3-2-4-6-10/h2-6H,7-9H2,1H3,(H,15,16,17). The highest BCUT2D eigenvalue weighted by atomic mass is 16.5. The van der Waals surface area contributed by atoms with E-state index < -0.39 is 0 Å². The largest absolute Gasteiger partial charge is 0.376 e. The molecule has 18 heavy (non-hydrogen) atoms. The molecule has 2 heterocycles. The smallest absolute Gasteiger partial charge is 0.161 e. The van der Waals surface area contributed by atoms with Crippen LogP contribution in [0.2, 0.25) is 0 Å². The van der Waals surface area contributed by atoms with Crippen LogP contribution < -0.4 is 5.32 Å². The maximum absolute atomic E-state index is 5.46. The third kappa shape index (κ3) is 1.95. The predicted molar refractivity (Wildman–Crippen MR) is 70.4 cm³/mol. The molecule has 1 N–H and O–H groups in total. The van der Waals surface area contributed by atoms with Gasteiger partial charge in [0.25, 0.3) is 0 Å². The minimum atomic E-state index is 0.598. The minimum Gasteiger partial charge on any atom is -0.376 e. The summed E-state index contributed by atoms with van der Waals surface area (Å²) in [6.07, 6.45) is 0.854. The monoisotopic (exact) mass is 241 g/mol. The van der Waals surface area contributed by atoms with Crippen molar-refractivity contribution in [1.82, 2.24) is 9.97 Å². The Labute approximate surface area is 106 Å². The zero-order valence-corrected chi connectivity index (χ0v) is 10.3. The molecule has 0 unspecified atom stereocenters. The van der Waals surface area contributed by atoms with E-state index in [1.54, 1.807) is 0 Å². The molecule has 92 valence electrons. The Balaban J connectivity index is 2.12. The number of nitrogens with zero attached hydrogens (tertiary/aromatic N) is 2. The molecule has 0 spiro atoms. The summed E-state index contributed by atoms with van der Waals surface area (Å²) in [5, 5.41) is 3.13. The number of fused-ring (bicyclic) bond motifs is 1. The number of hydrogen-bond donors (Lipinski definition) is 1. The Bertz CT molecular complexity index is 537. The molecule has 2 aromatic rings. The normalized spacial score (nSPS) is 14.1. The highest BCUT2D eigenvalue weighted by molar-refractivity contribution is 5.59. The lowest BCUT2D eigenvalue weighted by Gasteiger charge is -2.19. The van der Waals surface area contributed by atoms with Gasteiger partial charge in [0, 0.05) is 24.6 Å². The van der Waals surface area contributed by atoms with Crippen molar-refractivity contribution >= 4 is 5.82 Å². The Morgan fingerprint density at radius 2 is 2.00 bits per heavy atom. The average Bonchev–Trinajstić information content (AvgIpc) is 2.47. The Morgan fingerprint density at radius 3 is 2.78 bits per heavy atom.